The lowest BCUT2D eigenvalue weighted by Crippen LogP contribution is -2.39. The van der Waals surface area contributed by atoms with Gasteiger partial charge in [0.25, 0.3) is 0 Å². The maximum atomic E-state index is 9.07. The minimum atomic E-state index is 0.139. The molecule has 2 nitrogen and oxygen atoms in total. The predicted molar refractivity (Wildman–Crippen MR) is 29.1 cm³/mol. The van der Waals surface area contributed by atoms with Crippen molar-refractivity contribution < 1.29 is 9.85 Å². The van der Waals surface area contributed by atoms with E-state index in [-0.39, 0.29) is 4.65 Å². The largest absolute Gasteiger partial charge is 0.217 e. The van der Waals surface area contributed by atoms with E-state index in [1.165, 1.54) is 0 Å². The molecule has 0 aliphatic heterocycles. The topological polar surface area (TPSA) is 20.2 Å². The van der Waals surface area contributed by atoms with Gasteiger partial charge in [0.05, 0.1) is 7.05 Å². The van der Waals surface area contributed by atoms with E-state index >= 15 is 0 Å². The highest BCUT2D eigenvalue weighted by Crippen LogP contribution is 1.90. The summed E-state index contributed by atoms with van der Waals surface area (Å²) < 4.78 is 0.139. The first-order valence-electron chi connectivity index (χ1n) is 2.69. The van der Waals surface area contributed by atoms with Crippen LogP contribution in [-0.4, -0.2) is 30.0 Å². The van der Waals surface area contributed by atoms with Gasteiger partial charge in [-0.1, -0.05) is 0 Å². The van der Waals surface area contributed by atoms with Gasteiger partial charge >= 0.3 is 0 Å². The van der Waals surface area contributed by atoms with Crippen LogP contribution in [0.5, 0.6) is 0 Å². The molecule has 1 N–H and O–H groups in total. The van der Waals surface area contributed by atoms with Crippen molar-refractivity contribution in [2.75, 3.05) is 20.1 Å². The fourth-order valence-corrected chi connectivity index (χ4v) is 0.224. The van der Waals surface area contributed by atoms with E-state index in [4.69, 9.17) is 5.21 Å². The maximum absolute atomic E-state index is 9.07. The molecule has 0 unspecified atom stereocenters. The van der Waals surface area contributed by atoms with Gasteiger partial charge in [-0.3, -0.25) is 0 Å². The molecule has 0 aromatic carbocycles. The number of hydrogen-bond acceptors (Lipinski definition) is 1. The van der Waals surface area contributed by atoms with Crippen molar-refractivity contribution in [1.29, 1.82) is 0 Å². The second kappa shape index (κ2) is 2.28. The molecule has 0 aromatic heterocycles. The van der Waals surface area contributed by atoms with Gasteiger partial charge in [-0.25, -0.2) is 5.21 Å². The summed E-state index contributed by atoms with van der Waals surface area (Å²) in [6.45, 7) is 5.50. The normalized spacial score (nSPS) is 12.0. The van der Waals surface area contributed by atoms with Crippen LogP contribution >= 0.6 is 0 Å². The SMILES string of the molecule is CC[N+](C)(O)CC. The van der Waals surface area contributed by atoms with Crippen LogP contribution in [0.3, 0.4) is 0 Å². The molecule has 0 saturated heterocycles. The standard InChI is InChI=1S/C5H14NO/c1-4-6(3,7)5-2/h7H,4-5H2,1-3H3/q+1. The molecule has 0 rings (SSSR count). The van der Waals surface area contributed by atoms with Crippen LogP contribution in [-0.2, 0) is 0 Å². The van der Waals surface area contributed by atoms with Gasteiger partial charge in [-0.2, -0.15) is 4.65 Å². The smallest absolute Gasteiger partial charge is 0.106 e. The third-order valence-electron chi connectivity index (χ3n) is 1.36. The zero-order chi connectivity index (χ0) is 5.91. The Morgan fingerprint density at radius 3 is 1.57 bits per heavy atom. The summed E-state index contributed by atoms with van der Waals surface area (Å²) >= 11 is 0. The zero-order valence-corrected chi connectivity index (χ0v) is 5.31. The molecule has 0 spiro atoms. The fourth-order valence-electron chi connectivity index (χ4n) is 0.224. The Bertz CT molecular complexity index is 46.0. The van der Waals surface area contributed by atoms with Crippen LogP contribution in [0.2, 0.25) is 0 Å². The molecular formula is C5H14NO+. The third-order valence-corrected chi connectivity index (χ3v) is 1.36. The van der Waals surface area contributed by atoms with Gasteiger partial charge < -0.3 is 0 Å². The molecule has 0 amide bonds. The molecule has 0 atom stereocenters. The number of quaternary nitrogens is 1. The zero-order valence-electron chi connectivity index (χ0n) is 5.31. The molecule has 0 bridgehead atoms. The van der Waals surface area contributed by atoms with Crippen LogP contribution in [0.15, 0.2) is 0 Å². The van der Waals surface area contributed by atoms with Gasteiger partial charge in [0.15, 0.2) is 0 Å². The van der Waals surface area contributed by atoms with Gasteiger partial charge in [0.1, 0.15) is 13.1 Å². The van der Waals surface area contributed by atoms with Crippen LogP contribution < -0.4 is 0 Å². The van der Waals surface area contributed by atoms with Gasteiger partial charge in [0, 0.05) is 0 Å². The van der Waals surface area contributed by atoms with E-state index in [1.807, 2.05) is 13.8 Å². The van der Waals surface area contributed by atoms with Crippen molar-refractivity contribution in [2.24, 2.45) is 0 Å². The first-order valence-corrected chi connectivity index (χ1v) is 2.69. The number of hydrogen-bond donors (Lipinski definition) is 1. The molecule has 0 aliphatic rings. The molecule has 7 heavy (non-hydrogen) atoms. The minimum Gasteiger partial charge on any atom is -0.217 e. The van der Waals surface area contributed by atoms with E-state index < -0.39 is 0 Å². The molecule has 0 aromatic rings. The highest BCUT2D eigenvalue weighted by atomic mass is 16.5. The Morgan fingerprint density at radius 2 is 1.57 bits per heavy atom. The van der Waals surface area contributed by atoms with Crippen molar-refractivity contribution in [3.63, 3.8) is 0 Å². The van der Waals surface area contributed by atoms with Crippen LogP contribution in [0.1, 0.15) is 13.8 Å². The van der Waals surface area contributed by atoms with Gasteiger partial charge in [-0.05, 0) is 13.8 Å². The summed E-state index contributed by atoms with van der Waals surface area (Å²) in [5.41, 5.74) is 0. The van der Waals surface area contributed by atoms with Crippen molar-refractivity contribution in [2.45, 2.75) is 13.8 Å². The van der Waals surface area contributed by atoms with Crippen LogP contribution in [0.25, 0.3) is 0 Å². The molecular weight excluding hydrogens is 90.1 g/mol. The van der Waals surface area contributed by atoms with Gasteiger partial charge in [0.2, 0.25) is 0 Å². The minimum absolute atomic E-state index is 0.139. The second-order valence-electron chi connectivity index (χ2n) is 1.97. The predicted octanol–water partition coefficient (Wildman–Crippen LogP) is 0.862. The molecule has 0 fully saturated rings. The summed E-state index contributed by atoms with van der Waals surface area (Å²) in [7, 11) is 1.79. The lowest BCUT2D eigenvalue weighted by molar-refractivity contribution is -1.08. The Labute approximate surface area is 44.9 Å². The lowest BCUT2D eigenvalue weighted by Gasteiger charge is -2.20. The summed E-state index contributed by atoms with van der Waals surface area (Å²) in [4.78, 5) is 0. The first-order chi connectivity index (χ1) is 3.12. The van der Waals surface area contributed by atoms with E-state index in [1.54, 1.807) is 7.05 Å². The van der Waals surface area contributed by atoms with Crippen LogP contribution in [0.4, 0.5) is 0 Å². The van der Waals surface area contributed by atoms with Crippen molar-refractivity contribution in [3.8, 4) is 0 Å². The maximum Gasteiger partial charge on any atom is 0.106 e. The van der Waals surface area contributed by atoms with Crippen LogP contribution in [0, 0.1) is 0 Å². The quantitative estimate of drug-likeness (QED) is 0.407. The monoisotopic (exact) mass is 104 g/mol. The van der Waals surface area contributed by atoms with Crippen molar-refractivity contribution >= 4 is 0 Å². The first kappa shape index (κ1) is 6.92. The summed E-state index contributed by atoms with van der Waals surface area (Å²) in [5, 5.41) is 9.07. The van der Waals surface area contributed by atoms with E-state index in [9.17, 15) is 0 Å². The average molecular weight is 104 g/mol. The number of hydroxylamine groups is 3. The Morgan fingerprint density at radius 1 is 1.29 bits per heavy atom. The van der Waals surface area contributed by atoms with E-state index in [2.05, 4.69) is 0 Å². The highest BCUT2D eigenvalue weighted by Gasteiger charge is 2.09. The highest BCUT2D eigenvalue weighted by molar-refractivity contribution is 4.10. The summed E-state index contributed by atoms with van der Waals surface area (Å²) in [6.07, 6.45) is 0. The van der Waals surface area contributed by atoms with Crippen molar-refractivity contribution in [3.05, 3.63) is 0 Å². The number of rotatable bonds is 2. The molecule has 0 radical (unpaired) electrons. The third kappa shape index (κ3) is 2.60. The molecule has 0 aliphatic carbocycles. The number of nitrogens with zero attached hydrogens (tertiary/aromatic N) is 1. The Balaban J connectivity index is 3.36. The van der Waals surface area contributed by atoms with Crippen molar-refractivity contribution in [1.82, 2.24) is 0 Å². The summed E-state index contributed by atoms with van der Waals surface area (Å²) in [6, 6.07) is 0. The summed E-state index contributed by atoms with van der Waals surface area (Å²) in [5.74, 6) is 0. The average Bonchev–Trinajstić information content (AvgIpc) is 1.68. The Kier molecular flexibility index (Phi) is 2.26. The molecule has 0 heterocycles. The van der Waals surface area contributed by atoms with E-state index in [0.717, 1.165) is 13.1 Å². The fraction of sp³-hybridized carbons (Fsp3) is 1.00. The van der Waals surface area contributed by atoms with Gasteiger partial charge in [-0.15, -0.1) is 0 Å². The molecule has 2 heteroatoms. The Hall–Kier alpha value is -0.0800. The second-order valence-corrected chi connectivity index (χ2v) is 1.97. The molecule has 44 valence electrons. The van der Waals surface area contributed by atoms with E-state index in [0.29, 0.717) is 0 Å². The lowest BCUT2D eigenvalue weighted by atomic mass is 10.6. The molecule has 0 saturated carbocycles.